The second kappa shape index (κ2) is 3.87. The number of thiophene rings is 1. The molecule has 0 aromatic carbocycles. The van der Waals surface area contributed by atoms with Gasteiger partial charge in [-0.15, -0.1) is 11.3 Å². The highest BCUT2D eigenvalue weighted by molar-refractivity contribution is 7.12. The normalized spacial score (nSPS) is 9.33. The molecule has 0 aliphatic rings. The molecular formula is C7H9N3OS. The van der Waals surface area contributed by atoms with Crippen LogP contribution in [0.1, 0.15) is 9.67 Å². The zero-order chi connectivity index (χ0) is 8.97. The predicted molar refractivity (Wildman–Crippen MR) is 49.3 cm³/mol. The molecule has 1 aromatic heterocycles. The van der Waals surface area contributed by atoms with E-state index in [9.17, 15) is 4.79 Å². The topological polar surface area (TPSA) is 81.5 Å². The summed E-state index contributed by atoms with van der Waals surface area (Å²) >= 11 is 1.38. The van der Waals surface area contributed by atoms with Gasteiger partial charge in [-0.1, -0.05) is 6.07 Å². The molecule has 0 fully saturated rings. The van der Waals surface area contributed by atoms with Crippen LogP contribution in [0.15, 0.2) is 22.5 Å². The number of hydrogen-bond donors (Lipinski definition) is 2. The van der Waals surface area contributed by atoms with Gasteiger partial charge in [0, 0.05) is 0 Å². The fourth-order valence-electron chi connectivity index (χ4n) is 0.678. The van der Waals surface area contributed by atoms with Crippen molar-refractivity contribution in [2.45, 2.75) is 0 Å². The highest BCUT2D eigenvalue weighted by Gasteiger charge is 2.04. The van der Waals surface area contributed by atoms with E-state index in [0.717, 1.165) is 0 Å². The maximum atomic E-state index is 11.2. The standard InChI is InChI=1S/C7H9N3OS/c8-7(9)10-4-5(11)6-2-1-3-12-6/h1-3H,4H2,(H4,8,9,10). The van der Waals surface area contributed by atoms with E-state index in [-0.39, 0.29) is 18.3 Å². The lowest BCUT2D eigenvalue weighted by molar-refractivity contribution is 0.101. The summed E-state index contributed by atoms with van der Waals surface area (Å²) in [5.41, 5.74) is 10.1. The molecule has 12 heavy (non-hydrogen) atoms. The van der Waals surface area contributed by atoms with E-state index in [1.807, 2.05) is 11.4 Å². The number of guanidine groups is 1. The lowest BCUT2D eigenvalue weighted by Gasteiger charge is -1.92. The Morgan fingerprint density at radius 3 is 2.83 bits per heavy atom. The highest BCUT2D eigenvalue weighted by Crippen LogP contribution is 2.08. The van der Waals surface area contributed by atoms with Crippen LogP contribution in [0.4, 0.5) is 0 Å². The molecular weight excluding hydrogens is 174 g/mol. The van der Waals surface area contributed by atoms with Crippen LogP contribution in [0, 0.1) is 0 Å². The SMILES string of the molecule is NC(N)=NCC(=O)c1cccs1. The van der Waals surface area contributed by atoms with Crippen LogP contribution < -0.4 is 11.5 Å². The van der Waals surface area contributed by atoms with Gasteiger partial charge in [0.25, 0.3) is 0 Å². The van der Waals surface area contributed by atoms with E-state index in [0.29, 0.717) is 4.88 Å². The molecule has 0 saturated carbocycles. The van der Waals surface area contributed by atoms with E-state index in [4.69, 9.17) is 11.5 Å². The Balaban J connectivity index is 2.57. The van der Waals surface area contributed by atoms with E-state index in [1.54, 1.807) is 6.07 Å². The van der Waals surface area contributed by atoms with E-state index >= 15 is 0 Å². The summed E-state index contributed by atoms with van der Waals surface area (Å²) in [5.74, 6) is -0.113. The molecule has 0 aliphatic heterocycles. The summed E-state index contributed by atoms with van der Waals surface area (Å²) in [6.45, 7) is 0.0306. The maximum absolute atomic E-state index is 11.2. The van der Waals surface area contributed by atoms with Crippen LogP contribution in [0.5, 0.6) is 0 Å². The molecule has 1 rings (SSSR count). The number of hydrogen-bond acceptors (Lipinski definition) is 3. The number of rotatable bonds is 3. The van der Waals surface area contributed by atoms with Gasteiger partial charge in [-0.25, -0.2) is 4.99 Å². The quantitative estimate of drug-likeness (QED) is 0.399. The lowest BCUT2D eigenvalue weighted by Crippen LogP contribution is -2.24. The first kappa shape index (κ1) is 8.73. The molecule has 0 unspecified atom stereocenters. The van der Waals surface area contributed by atoms with Crippen molar-refractivity contribution in [1.82, 2.24) is 0 Å². The van der Waals surface area contributed by atoms with Crippen LogP contribution in [0.2, 0.25) is 0 Å². The van der Waals surface area contributed by atoms with Crippen molar-refractivity contribution in [3.05, 3.63) is 22.4 Å². The average molecular weight is 183 g/mol. The van der Waals surface area contributed by atoms with Crippen LogP contribution in [0.25, 0.3) is 0 Å². The van der Waals surface area contributed by atoms with E-state index in [1.165, 1.54) is 11.3 Å². The summed E-state index contributed by atoms with van der Waals surface area (Å²) in [6.07, 6.45) is 0. The summed E-state index contributed by atoms with van der Waals surface area (Å²) < 4.78 is 0. The minimum Gasteiger partial charge on any atom is -0.370 e. The maximum Gasteiger partial charge on any atom is 0.194 e. The Labute approximate surface area is 73.9 Å². The van der Waals surface area contributed by atoms with Gasteiger partial charge in [-0.2, -0.15) is 0 Å². The number of nitrogens with two attached hydrogens (primary N) is 2. The number of carbonyl (C=O) groups is 1. The molecule has 0 bridgehead atoms. The first-order chi connectivity index (χ1) is 5.70. The molecule has 1 aromatic rings. The number of aliphatic imine (C=N–C) groups is 1. The first-order valence-electron chi connectivity index (χ1n) is 3.32. The molecule has 1 heterocycles. The molecule has 5 heteroatoms. The molecule has 0 spiro atoms. The fourth-order valence-corrected chi connectivity index (χ4v) is 1.34. The molecule has 64 valence electrons. The predicted octanol–water partition coefficient (Wildman–Crippen LogP) is 0.204. The van der Waals surface area contributed by atoms with Crippen molar-refractivity contribution < 1.29 is 4.79 Å². The molecule has 0 radical (unpaired) electrons. The Hall–Kier alpha value is -1.36. The summed E-state index contributed by atoms with van der Waals surface area (Å²) in [6, 6.07) is 3.56. The smallest absolute Gasteiger partial charge is 0.194 e. The Morgan fingerprint density at radius 2 is 2.33 bits per heavy atom. The summed E-state index contributed by atoms with van der Waals surface area (Å²) in [5, 5.41) is 1.84. The summed E-state index contributed by atoms with van der Waals surface area (Å²) in [7, 11) is 0. The van der Waals surface area contributed by atoms with Crippen LogP contribution in [0.3, 0.4) is 0 Å². The minimum atomic E-state index is -0.0570. The van der Waals surface area contributed by atoms with Gasteiger partial charge in [-0.05, 0) is 11.4 Å². The van der Waals surface area contributed by atoms with Crippen LogP contribution in [-0.2, 0) is 0 Å². The number of carbonyl (C=O) groups excluding carboxylic acids is 1. The van der Waals surface area contributed by atoms with Gasteiger partial charge < -0.3 is 11.5 Å². The van der Waals surface area contributed by atoms with Crippen molar-refractivity contribution in [2.75, 3.05) is 6.54 Å². The van der Waals surface area contributed by atoms with Gasteiger partial charge in [0.15, 0.2) is 11.7 Å². The Bertz CT molecular complexity index is 288. The third-order valence-corrected chi connectivity index (χ3v) is 2.11. The van der Waals surface area contributed by atoms with Gasteiger partial charge in [0.2, 0.25) is 0 Å². The van der Waals surface area contributed by atoms with Crippen molar-refractivity contribution in [3.63, 3.8) is 0 Å². The van der Waals surface area contributed by atoms with Gasteiger partial charge in [-0.3, -0.25) is 4.79 Å². The zero-order valence-corrected chi connectivity index (χ0v) is 7.17. The van der Waals surface area contributed by atoms with Crippen molar-refractivity contribution >= 4 is 23.1 Å². The molecule has 0 saturated heterocycles. The number of Topliss-reactive ketones (excluding diaryl/α,β-unsaturated/α-hetero) is 1. The zero-order valence-electron chi connectivity index (χ0n) is 6.36. The van der Waals surface area contributed by atoms with Gasteiger partial charge >= 0.3 is 0 Å². The molecule has 0 atom stereocenters. The second-order valence-electron chi connectivity index (χ2n) is 2.14. The first-order valence-corrected chi connectivity index (χ1v) is 4.20. The van der Waals surface area contributed by atoms with Crippen LogP contribution in [-0.4, -0.2) is 18.3 Å². The van der Waals surface area contributed by atoms with Gasteiger partial charge in [0.1, 0.15) is 6.54 Å². The van der Waals surface area contributed by atoms with Crippen molar-refractivity contribution in [1.29, 1.82) is 0 Å². The van der Waals surface area contributed by atoms with Crippen molar-refractivity contribution in [3.8, 4) is 0 Å². The third kappa shape index (κ3) is 2.35. The summed E-state index contributed by atoms with van der Waals surface area (Å²) in [4.78, 5) is 15.5. The number of ketones is 1. The monoisotopic (exact) mass is 183 g/mol. The van der Waals surface area contributed by atoms with E-state index < -0.39 is 0 Å². The van der Waals surface area contributed by atoms with Crippen molar-refractivity contribution in [2.24, 2.45) is 16.5 Å². The van der Waals surface area contributed by atoms with E-state index in [2.05, 4.69) is 4.99 Å². The second-order valence-corrected chi connectivity index (χ2v) is 3.09. The lowest BCUT2D eigenvalue weighted by atomic mass is 10.3. The highest BCUT2D eigenvalue weighted by atomic mass is 32.1. The molecule has 0 aliphatic carbocycles. The fraction of sp³-hybridized carbons (Fsp3) is 0.143. The Kier molecular flexibility index (Phi) is 2.82. The number of nitrogens with zero attached hydrogens (tertiary/aromatic N) is 1. The largest absolute Gasteiger partial charge is 0.370 e. The molecule has 0 amide bonds. The third-order valence-electron chi connectivity index (χ3n) is 1.20. The molecule has 4 N–H and O–H groups in total. The minimum absolute atomic E-state index is 0.0306. The average Bonchev–Trinajstić information content (AvgIpc) is 2.51. The van der Waals surface area contributed by atoms with Gasteiger partial charge in [0.05, 0.1) is 4.88 Å². The van der Waals surface area contributed by atoms with Crippen LogP contribution >= 0.6 is 11.3 Å². The molecule has 4 nitrogen and oxygen atoms in total. The Morgan fingerprint density at radius 1 is 1.58 bits per heavy atom.